The maximum atomic E-state index is 12.3. The van der Waals surface area contributed by atoms with Gasteiger partial charge < -0.3 is 15.1 Å². The molecule has 0 spiro atoms. The quantitative estimate of drug-likeness (QED) is 0.780. The van der Waals surface area contributed by atoms with Gasteiger partial charge in [-0.2, -0.15) is 0 Å². The first-order valence-corrected chi connectivity index (χ1v) is 7.88. The largest absolute Gasteiger partial charge is 0.339 e. The molecule has 0 aromatic carbocycles. The second kappa shape index (κ2) is 6.75. The Balaban J connectivity index is 1.75. The predicted octanol–water partition coefficient (Wildman–Crippen LogP) is -0.249. The molecule has 6 nitrogen and oxygen atoms in total. The van der Waals surface area contributed by atoms with Crippen LogP contribution >= 0.6 is 0 Å². The third kappa shape index (κ3) is 4.17. The van der Waals surface area contributed by atoms with Crippen LogP contribution in [0.25, 0.3) is 0 Å². The number of likely N-dealkylation sites (tertiary alicyclic amines) is 1. The number of nitrogens with zero attached hydrogens (tertiary/aromatic N) is 3. The summed E-state index contributed by atoms with van der Waals surface area (Å²) in [6.45, 7) is 8.95. The highest BCUT2D eigenvalue weighted by Crippen LogP contribution is 2.21. The number of rotatable bonds is 3. The van der Waals surface area contributed by atoms with Crippen molar-refractivity contribution >= 4 is 11.8 Å². The first-order valence-electron chi connectivity index (χ1n) is 7.88. The van der Waals surface area contributed by atoms with Gasteiger partial charge >= 0.3 is 0 Å². The number of piperazine rings is 1. The van der Waals surface area contributed by atoms with Crippen molar-refractivity contribution in [3.05, 3.63) is 0 Å². The van der Waals surface area contributed by atoms with Crippen LogP contribution in [0.2, 0.25) is 0 Å². The van der Waals surface area contributed by atoms with E-state index in [1.54, 1.807) is 6.92 Å². The Kier molecular flexibility index (Phi) is 5.22. The zero-order valence-electron chi connectivity index (χ0n) is 13.5. The number of amides is 2. The minimum Gasteiger partial charge on any atom is -0.339 e. The van der Waals surface area contributed by atoms with Crippen molar-refractivity contribution in [3.63, 3.8) is 0 Å². The van der Waals surface area contributed by atoms with E-state index in [0.717, 1.165) is 25.9 Å². The minimum absolute atomic E-state index is 0.101. The molecule has 1 N–H and O–H groups in total. The fourth-order valence-corrected chi connectivity index (χ4v) is 3.02. The molecular formula is C15H28N4O2. The Morgan fingerprint density at radius 2 is 1.52 bits per heavy atom. The average Bonchev–Trinajstić information content (AvgIpc) is 2.50. The molecule has 2 amide bonds. The van der Waals surface area contributed by atoms with Crippen molar-refractivity contribution in [1.29, 1.82) is 0 Å². The number of hydrogen-bond acceptors (Lipinski definition) is 4. The highest BCUT2D eigenvalue weighted by Gasteiger charge is 2.30. The van der Waals surface area contributed by atoms with Crippen molar-refractivity contribution in [3.8, 4) is 0 Å². The van der Waals surface area contributed by atoms with E-state index in [4.69, 9.17) is 0 Å². The van der Waals surface area contributed by atoms with Crippen LogP contribution < -0.4 is 5.32 Å². The van der Waals surface area contributed by atoms with Crippen LogP contribution in [-0.2, 0) is 9.59 Å². The SMILES string of the molecule is CNC1(C)CCN(CC(=O)N2CCN(C(C)=O)CC2)CC1. The maximum Gasteiger partial charge on any atom is 0.236 e. The Morgan fingerprint density at radius 1 is 1.00 bits per heavy atom. The highest BCUT2D eigenvalue weighted by molar-refractivity contribution is 5.79. The van der Waals surface area contributed by atoms with Gasteiger partial charge in [0.1, 0.15) is 0 Å². The van der Waals surface area contributed by atoms with Crippen molar-refractivity contribution in [2.24, 2.45) is 0 Å². The van der Waals surface area contributed by atoms with Crippen LogP contribution in [-0.4, -0.2) is 84.9 Å². The van der Waals surface area contributed by atoms with Gasteiger partial charge in [-0.15, -0.1) is 0 Å². The molecule has 6 heteroatoms. The first kappa shape index (κ1) is 16.2. The van der Waals surface area contributed by atoms with Gasteiger partial charge in [0.2, 0.25) is 11.8 Å². The van der Waals surface area contributed by atoms with E-state index in [-0.39, 0.29) is 17.4 Å². The van der Waals surface area contributed by atoms with Crippen LogP contribution in [0.3, 0.4) is 0 Å². The molecule has 2 rings (SSSR count). The molecule has 2 fully saturated rings. The molecule has 2 saturated heterocycles. The lowest BCUT2D eigenvalue weighted by Crippen LogP contribution is -2.54. The van der Waals surface area contributed by atoms with E-state index in [9.17, 15) is 9.59 Å². The summed E-state index contributed by atoms with van der Waals surface area (Å²) in [5.41, 5.74) is 0.215. The van der Waals surface area contributed by atoms with Gasteiger partial charge in [-0.05, 0) is 26.8 Å². The molecule has 0 bridgehead atoms. The summed E-state index contributed by atoms with van der Waals surface area (Å²) >= 11 is 0. The molecule has 2 aliphatic rings. The van der Waals surface area contributed by atoms with Crippen LogP contribution in [0.5, 0.6) is 0 Å². The molecule has 21 heavy (non-hydrogen) atoms. The summed E-state index contributed by atoms with van der Waals surface area (Å²) in [6.07, 6.45) is 2.16. The van der Waals surface area contributed by atoms with E-state index in [2.05, 4.69) is 17.1 Å². The van der Waals surface area contributed by atoms with Gasteiger partial charge in [-0.1, -0.05) is 0 Å². The first-order chi connectivity index (χ1) is 9.93. The Hall–Kier alpha value is -1.14. The molecule has 0 aromatic rings. The smallest absolute Gasteiger partial charge is 0.236 e. The second-order valence-corrected chi connectivity index (χ2v) is 6.47. The number of piperidine rings is 1. The van der Waals surface area contributed by atoms with Crippen LogP contribution in [0.15, 0.2) is 0 Å². The van der Waals surface area contributed by atoms with Crippen molar-refractivity contribution in [1.82, 2.24) is 20.0 Å². The molecule has 0 atom stereocenters. The van der Waals surface area contributed by atoms with E-state index in [1.165, 1.54) is 0 Å². The molecule has 2 heterocycles. The van der Waals surface area contributed by atoms with E-state index >= 15 is 0 Å². The van der Waals surface area contributed by atoms with Gasteiger partial charge in [0.05, 0.1) is 6.54 Å². The maximum absolute atomic E-state index is 12.3. The van der Waals surface area contributed by atoms with Gasteiger partial charge in [-0.3, -0.25) is 14.5 Å². The number of carbonyl (C=O) groups excluding carboxylic acids is 2. The van der Waals surface area contributed by atoms with Crippen molar-refractivity contribution in [2.75, 3.05) is 52.9 Å². The minimum atomic E-state index is 0.101. The fourth-order valence-electron chi connectivity index (χ4n) is 3.02. The molecule has 2 aliphatic heterocycles. The zero-order valence-corrected chi connectivity index (χ0v) is 13.5. The molecular weight excluding hydrogens is 268 g/mol. The summed E-state index contributed by atoms with van der Waals surface area (Å²) < 4.78 is 0. The summed E-state index contributed by atoms with van der Waals surface area (Å²) in [5.74, 6) is 0.302. The molecule has 0 aliphatic carbocycles. The topological polar surface area (TPSA) is 55.9 Å². The summed E-state index contributed by atoms with van der Waals surface area (Å²) in [6, 6.07) is 0. The number of nitrogens with one attached hydrogen (secondary N) is 1. The van der Waals surface area contributed by atoms with E-state index in [0.29, 0.717) is 32.7 Å². The van der Waals surface area contributed by atoms with Gasteiger partial charge in [-0.25, -0.2) is 0 Å². The Bertz CT molecular complexity index is 383. The van der Waals surface area contributed by atoms with Gasteiger partial charge in [0, 0.05) is 51.7 Å². The molecule has 0 saturated carbocycles. The van der Waals surface area contributed by atoms with Crippen molar-refractivity contribution < 1.29 is 9.59 Å². The summed E-state index contributed by atoms with van der Waals surface area (Å²) in [5, 5.41) is 3.37. The normalized spacial score (nSPS) is 23.2. The van der Waals surface area contributed by atoms with E-state index in [1.807, 2.05) is 16.8 Å². The zero-order chi connectivity index (χ0) is 15.5. The predicted molar refractivity (Wildman–Crippen MR) is 82.0 cm³/mol. The number of carbonyl (C=O) groups is 2. The summed E-state index contributed by atoms with van der Waals surface area (Å²) in [7, 11) is 2.01. The second-order valence-electron chi connectivity index (χ2n) is 6.47. The third-order valence-electron chi connectivity index (χ3n) is 5.00. The molecule has 0 radical (unpaired) electrons. The lowest BCUT2D eigenvalue weighted by molar-refractivity contribution is -0.139. The summed E-state index contributed by atoms with van der Waals surface area (Å²) in [4.78, 5) is 29.6. The molecule has 120 valence electrons. The standard InChI is InChI=1S/C15H28N4O2/c1-13(20)18-8-10-19(11-9-18)14(21)12-17-6-4-15(2,16-3)5-7-17/h16H,4-12H2,1-3H3. The molecule has 0 aromatic heterocycles. The van der Waals surface area contributed by atoms with E-state index < -0.39 is 0 Å². The lowest BCUT2D eigenvalue weighted by atomic mass is 9.90. The number of hydrogen-bond donors (Lipinski definition) is 1. The van der Waals surface area contributed by atoms with Gasteiger partial charge in [0.15, 0.2) is 0 Å². The third-order valence-corrected chi connectivity index (χ3v) is 5.00. The van der Waals surface area contributed by atoms with Crippen LogP contribution in [0.1, 0.15) is 26.7 Å². The Morgan fingerprint density at radius 3 is 2.00 bits per heavy atom. The van der Waals surface area contributed by atoms with Crippen molar-refractivity contribution in [2.45, 2.75) is 32.2 Å². The fraction of sp³-hybridized carbons (Fsp3) is 0.867. The monoisotopic (exact) mass is 296 g/mol. The molecule has 0 unspecified atom stereocenters. The highest BCUT2D eigenvalue weighted by atomic mass is 16.2. The lowest BCUT2D eigenvalue weighted by Gasteiger charge is -2.40. The van der Waals surface area contributed by atoms with Gasteiger partial charge in [0.25, 0.3) is 0 Å². The average molecular weight is 296 g/mol. The van der Waals surface area contributed by atoms with Crippen LogP contribution in [0, 0.1) is 0 Å². The Labute approximate surface area is 127 Å². The van der Waals surface area contributed by atoms with Crippen LogP contribution in [0.4, 0.5) is 0 Å².